The van der Waals surface area contributed by atoms with Crippen LogP contribution in [0.1, 0.15) is 34.6 Å². The maximum Gasteiger partial charge on any atom is 0.336 e. The monoisotopic (exact) mass is 682 g/mol. The van der Waals surface area contributed by atoms with Crippen LogP contribution in [0, 0.1) is 20.2 Å². The normalized spacial score (nSPS) is 11.1. The highest BCUT2D eigenvalue weighted by Crippen LogP contribution is 2.34. The van der Waals surface area contributed by atoms with Crippen molar-refractivity contribution < 1.29 is 23.9 Å². The molecule has 0 aliphatic carbocycles. The Balaban J connectivity index is 0.000000421. The van der Waals surface area contributed by atoms with Gasteiger partial charge in [0.15, 0.2) is 0 Å². The van der Waals surface area contributed by atoms with E-state index in [9.17, 15) is 25.0 Å². The van der Waals surface area contributed by atoms with Crippen LogP contribution >= 0.6 is 31.9 Å². The summed E-state index contributed by atoms with van der Waals surface area (Å²) in [4.78, 5) is 31.7. The number of quaternary nitrogens is 1. The highest BCUT2D eigenvalue weighted by atomic mass is 79.9. The van der Waals surface area contributed by atoms with Gasteiger partial charge in [-0.1, -0.05) is 37.4 Å². The number of rotatable bonds is 12. The van der Waals surface area contributed by atoms with Gasteiger partial charge in [0.2, 0.25) is 0 Å². The van der Waals surface area contributed by atoms with Gasteiger partial charge < -0.3 is 15.3 Å². The number of hydrogen-bond donors (Lipinski definition) is 0. The minimum absolute atomic E-state index is 0.0779. The summed E-state index contributed by atoms with van der Waals surface area (Å²) in [6.07, 6.45) is 5.40. The van der Waals surface area contributed by atoms with E-state index in [1.54, 1.807) is 6.08 Å². The Morgan fingerprint density at radius 3 is 2.00 bits per heavy atom. The Morgan fingerprint density at radius 2 is 1.52 bits per heavy atom. The van der Waals surface area contributed by atoms with Crippen molar-refractivity contribution in [1.82, 2.24) is 0 Å². The van der Waals surface area contributed by atoms with Gasteiger partial charge in [-0.15, -0.1) is 0 Å². The number of esters is 1. The number of nitro groups is 2. The van der Waals surface area contributed by atoms with Gasteiger partial charge in [-0.05, 0) is 64.2 Å². The molecule has 40 heavy (non-hydrogen) atoms. The minimum atomic E-state index is -0.524. The van der Waals surface area contributed by atoms with E-state index in [2.05, 4.69) is 68.4 Å². The van der Waals surface area contributed by atoms with Crippen LogP contribution < -0.4 is 0 Å². The van der Waals surface area contributed by atoms with Crippen LogP contribution in [0.2, 0.25) is 0 Å². The van der Waals surface area contributed by atoms with Gasteiger partial charge in [0.25, 0.3) is 11.4 Å². The molecule has 0 radical (unpaired) electrons. The number of nitro benzene ring substituents is 2. The lowest BCUT2D eigenvalue weighted by molar-refractivity contribution is -0.874. The van der Waals surface area contributed by atoms with Crippen LogP contribution in [0.5, 0.6) is 0 Å². The third-order valence-corrected chi connectivity index (χ3v) is 6.99. The number of carbonyl (C=O) groups excluding carboxylic acids is 1. The molecule has 0 bridgehead atoms. The van der Waals surface area contributed by atoms with E-state index in [1.165, 1.54) is 36.4 Å². The van der Waals surface area contributed by atoms with Gasteiger partial charge in [-0.2, -0.15) is 0 Å². The largest absolute Gasteiger partial charge is 0.458 e. The molecule has 14 heteroatoms. The van der Waals surface area contributed by atoms with E-state index in [4.69, 9.17) is 4.74 Å². The summed E-state index contributed by atoms with van der Waals surface area (Å²) in [5, 5.41) is 28.7. The summed E-state index contributed by atoms with van der Waals surface area (Å²) >= 11 is 6.32. The summed E-state index contributed by atoms with van der Waals surface area (Å²) in [6.45, 7) is 13.7. The fourth-order valence-corrected chi connectivity index (χ4v) is 3.94. The summed E-state index contributed by atoms with van der Waals surface area (Å²) in [5.74, 6) is -0.264. The first kappa shape index (κ1) is 34.5. The maximum absolute atomic E-state index is 11.5. The molecule has 2 aromatic rings. The lowest BCUT2D eigenvalue weighted by atomic mass is 10.3. The topological polar surface area (TPSA) is 151 Å². The number of hydrogen-bond acceptors (Lipinski definition) is 8. The average molecular weight is 684 g/mol. The number of ether oxygens (including phenoxy) is 1. The Hall–Kier alpha value is -3.49. The average Bonchev–Trinajstić information content (AvgIpc) is 2.91. The third kappa shape index (κ3) is 11.7. The van der Waals surface area contributed by atoms with Gasteiger partial charge in [-0.25, -0.2) is 4.79 Å². The van der Waals surface area contributed by atoms with Crippen LogP contribution in [0.3, 0.4) is 0 Å². The first-order chi connectivity index (χ1) is 18.9. The summed E-state index contributed by atoms with van der Waals surface area (Å²) in [7, 11) is 0. The highest BCUT2D eigenvalue weighted by Gasteiger charge is 2.17. The van der Waals surface area contributed by atoms with Gasteiger partial charge >= 0.3 is 5.97 Å². The molecule has 0 aliphatic heterocycles. The van der Waals surface area contributed by atoms with Gasteiger partial charge in [0, 0.05) is 33.2 Å². The van der Waals surface area contributed by atoms with E-state index < -0.39 is 9.85 Å². The van der Waals surface area contributed by atoms with Crippen molar-refractivity contribution in [2.75, 3.05) is 26.2 Å². The third-order valence-electron chi connectivity index (χ3n) is 5.72. The molecule has 12 nitrogen and oxygen atoms in total. The van der Waals surface area contributed by atoms with Gasteiger partial charge in [0.1, 0.15) is 12.8 Å². The standard InChI is InChI=1S/C14H26NO2.C12H6Br2N5O4/c1-6-15(7-2,8-3)11-9-14(16)17-12-10-13(4)5;13-9-5-7(18(20)21)1-3-11(9)15-17-16-12-4-2-8(19(22)23)6-10(12)14/h9-11H,6-8,12H2,1-5H3;1-6H/q+1;-1/b11-9+;. The quantitative estimate of drug-likeness (QED) is 0.0415. The summed E-state index contributed by atoms with van der Waals surface area (Å²) < 4.78 is 6.68. The van der Waals surface area contributed by atoms with Crippen LogP contribution in [-0.2, 0) is 9.53 Å². The minimum Gasteiger partial charge on any atom is -0.458 e. The molecule has 0 aliphatic rings. The van der Waals surface area contributed by atoms with E-state index >= 15 is 0 Å². The Morgan fingerprint density at radius 1 is 0.975 bits per heavy atom. The number of carbonyl (C=O) groups is 1. The predicted molar refractivity (Wildman–Crippen MR) is 161 cm³/mol. The van der Waals surface area contributed by atoms with Crippen molar-refractivity contribution in [3.05, 3.63) is 94.9 Å². The zero-order chi connectivity index (χ0) is 30.3. The maximum atomic E-state index is 11.5. The Labute approximate surface area is 249 Å². The SMILES string of the molecule is CC[N+](/C=C/C(=O)OCC=C(C)C)(CC)CC.O=[N+]([O-])c1ccc(N=N[N-]c2ccc([N+](=O)[O-])cc2Br)c(Br)c1. The van der Waals surface area contributed by atoms with E-state index in [0.29, 0.717) is 26.9 Å². The number of allylic oxidation sites excluding steroid dienone is 1. The first-order valence-electron chi connectivity index (χ1n) is 12.2. The van der Waals surface area contributed by atoms with E-state index in [1.807, 2.05) is 26.1 Å². The Bertz CT molecular complexity index is 1270. The summed E-state index contributed by atoms with van der Waals surface area (Å²) in [6, 6.07) is 8.03. The number of non-ortho nitro benzene ring substituents is 2. The molecule has 0 saturated carbocycles. The molecule has 2 rings (SSSR count). The predicted octanol–water partition coefficient (Wildman–Crippen LogP) is 8.62. The number of nitrogens with zero attached hydrogens (tertiary/aromatic N) is 6. The molecule has 0 atom stereocenters. The fourth-order valence-electron chi connectivity index (χ4n) is 3.04. The van der Waals surface area contributed by atoms with Gasteiger partial charge in [0.05, 0.1) is 35.6 Å². The fraction of sp³-hybridized carbons (Fsp3) is 0.346. The molecular formula is C26H32Br2N6O6. The van der Waals surface area contributed by atoms with Crippen molar-refractivity contribution in [2.24, 2.45) is 10.3 Å². The molecule has 0 aromatic heterocycles. The molecule has 0 saturated heterocycles. The van der Waals surface area contributed by atoms with Crippen LogP contribution in [0.25, 0.3) is 5.43 Å². The lowest BCUT2D eigenvalue weighted by Crippen LogP contribution is -2.42. The molecular weight excluding hydrogens is 652 g/mol. The second-order valence-corrected chi connectivity index (χ2v) is 10.2. The van der Waals surface area contributed by atoms with Crippen molar-refractivity contribution in [1.29, 1.82) is 0 Å². The van der Waals surface area contributed by atoms with Crippen molar-refractivity contribution in [3.8, 4) is 0 Å². The van der Waals surface area contributed by atoms with Crippen LogP contribution in [0.4, 0.5) is 22.7 Å². The molecule has 216 valence electrons. The molecule has 0 heterocycles. The molecule has 0 unspecified atom stereocenters. The lowest BCUT2D eigenvalue weighted by Gasteiger charge is -2.31. The molecule has 0 fully saturated rings. The van der Waals surface area contributed by atoms with E-state index in [0.717, 1.165) is 29.7 Å². The second kappa shape index (κ2) is 17.3. The molecule has 0 N–H and O–H groups in total. The molecule has 0 spiro atoms. The van der Waals surface area contributed by atoms with E-state index in [-0.39, 0.29) is 17.3 Å². The number of halogens is 2. The molecule has 0 amide bonds. The second-order valence-electron chi connectivity index (χ2n) is 8.47. The zero-order valence-corrected chi connectivity index (χ0v) is 26.1. The van der Waals surface area contributed by atoms with Crippen LogP contribution in [0.15, 0.2) is 79.6 Å². The van der Waals surface area contributed by atoms with Crippen LogP contribution in [-0.4, -0.2) is 46.5 Å². The van der Waals surface area contributed by atoms with Crippen molar-refractivity contribution in [3.63, 3.8) is 0 Å². The van der Waals surface area contributed by atoms with Gasteiger partial charge in [-0.3, -0.25) is 29.9 Å². The molecule has 2 aromatic carbocycles. The number of benzene rings is 2. The van der Waals surface area contributed by atoms with Crippen molar-refractivity contribution >= 4 is 60.6 Å². The highest BCUT2D eigenvalue weighted by molar-refractivity contribution is 9.11. The smallest absolute Gasteiger partial charge is 0.336 e. The Kier molecular flexibility index (Phi) is 14.9. The van der Waals surface area contributed by atoms with Crippen molar-refractivity contribution in [2.45, 2.75) is 34.6 Å². The summed E-state index contributed by atoms with van der Waals surface area (Å²) in [5.41, 5.74) is 5.55. The first-order valence-corrected chi connectivity index (χ1v) is 13.8. The zero-order valence-electron chi connectivity index (χ0n) is 22.9.